The molecule has 4 heterocycles. The number of aryl methyl sites for hydroxylation is 1. The van der Waals surface area contributed by atoms with E-state index in [0.29, 0.717) is 44.2 Å². The highest BCUT2D eigenvalue weighted by Gasteiger charge is 2.32. The summed E-state index contributed by atoms with van der Waals surface area (Å²) in [4.78, 5) is 11.5. The highest BCUT2D eigenvalue weighted by molar-refractivity contribution is 6.36. The Morgan fingerprint density at radius 2 is 1.79 bits per heavy atom. The number of halogens is 4. The van der Waals surface area contributed by atoms with Crippen molar-refractivity contribution in [3.63, 3.8) is 0 Å². The molecule has 6 rings (SSSR count). The minimum Gasteiger partial charge on any atom is -0.373 e. The quantitative estimate of drug-likeness (QED) is 0.143. The average molecular weight is 695 g/mol. The summed E-state index contributed by atoms with van der Waals surface area (Å²) in [6.07, 6.45) is 5.62. The predicted molar refractivity (Wildman–Crippen MR) is 187 cm³/mol. The van der Waals surface area contributed by atoms with E-state index in [2.05, 4.69) is 74.5 Å². The highest BCUT2D eigenvalue weighted by Crippen LogP contribution is 2.38. The first-order valence-corrected chi connectivity index (χ1v) is 16.5. The number of aromatic nitrogens is 2. The summed E-state index contributed by atoms with van der Waals surface area (Å²) in [5.41, 5.74) is 11.9. The second kappa shape index (κ2) is 13.3. The number of benzene rings is 2. The van der Waals surface area contributed by atoms with Crippen molar-refractivity contribution >= 4 is 62.8 Å². The van der Waals surface area contributed by atoms with Gasteiger partial charge in [0, 0.05) is 65.1 Å². The predicted octanol–water partition coefficient (Wildman–Crippen LogP) is 8.24. The van der Waals surface area contributed by atoms with E-state index >= 15 is 0 Å². The van der Waals surface area contributed by atoms with Crippen molar-refractivity contribution in [3.8, 4) is 6.07 Å². The molecule has 1 atom stereocenters. The number of fused-ring (bicyclic) bond motifs is 1. The molecule has 0 saturated carbocycles. The first-order chi connectivity index (χ1) is 22.4. The SMILES string of the molecule is Cc1nc(Cl)ccc1[C@H](Nc1cc(Cl)c2ncc(C#N)c(Nc3ccc(F)c(Cl)c3)c2c1)C1=CN(C2CCN(C(C)(C)C)CC2)NN1. The van der Waals surface area contributed by atoms with Gasteiger partial charge in [-0.1, -0.05) is 40.9 Å². The van der Waals surface area contributed by atoms with Crippen LogP contribution >= 0.6 is 34.8 Å². The molecule has 0 aliphatic carbocycles. The summed E-state index contributed by atoms with van der Waals surface area (Å²) in [6.45, 7) is 10.7. The molecule has 47 heavy (non-hydrogen) atoms. The lowest BCUT2D eigenvalue weighted by Gasteiger charge is -2.42. The Hall–Kier alpha value is -3.85. The molecule has 1 fully saturated rings. The first kappa shape index (κ1) is 33.1. The van der Waals surface area contributed by atoms with Gasteiger partial charge in [-0.25, -0.2) is 9.37 Å². The molecule has 2 aliphatic heterocycles. The van der Waals surface area contributed by atoms with E-state index in [0.717, 1.165) is 42.9 Å². The molecule has 1 saturated heterocycles. The molecule has 0 amide bonds. The van der Waals surface area contributed by atoms with Crippen LogP contribution in [0, 0.1) is 24.1 Å². The number of hydrazine groups is 2. The minimum atomic E-state index is -0.539. The van der Waals surface area contributed by atoms with Crippen LogP contribution in [0.1, 0.15) is 56.5 Å². The summed E-state index contributed by atoms with van der Waals surface area (Å²) >= 11 is 19.1. The Kier molecular flexibility index (Phi) is 9.38. The van der Waals surface area contributed by atoms with Crippen molar-refractivity contribution in [1.29, 1.82) is 5.26 Å². The topological polar surface area (TPSA) is 104 Å². The number of nitrogens with one attached hydrogen (secondary N) is 4. The van der Waals surface area contributed by atoms with Gasteiger partial charge in [0.15, 0.2) is 0 Å². The van der Waals surface area contributed by atoms with Gasteiger partial charge < -0.3 is 16.1 Å². The van der Waals surface area contributed by atoms with Gasteiger partial charge in [0.2, 0.25) is 0 Å². The van der Waals surface area contributed by atoms with Gasteiger partial charge in [-0.3, -0.25) is 14.9 Å². The maximum atomic E-state index is 13.9. The standard InChI is InChI=1S/C34H35Cl3FN9/c1-19-24(6-8-30(37)41-19)33(29-18-47(45-44-29)23-9-11-46(12-10-23)34(2,3)4)43-22-13-25-31(42-21-5-7-28(38)26(35)14-21)20(16-39)17-40-32(25)27(36)15-22/h5-8,13-15,17-18,23,33,43-45H,9-12H2,1-4H3,(H,40,42)/t33-/m0/s1. The largest absolute Gasteiger partial charge is 0.373 e. The lowest BCUT2D eigenvalue weighted by molar-refractivity contribution is 0.0570. The van der Waals surface area contributed by atoms with E-state index in [4.69, 9.17) is 34.8 Å². The van der Waals surface area contributed by atoms with Gasteiger partial charge in [0.05, 0.1) is 38.6 Å². The lowest BCUT2D eigenvalue weighted by atomic mass is 9.97. The molecule has 4 N–H and O–H groups in total. The van der Waals surface area contributed by atoms with E-state index in [1.807, 2.05) is 19.1 Å². The Morgan fingerprint density at radius 3 is 2.47 bits per heavy atom. The molecular formula is C34H35Cl3FN9. The molecule has 4 aromatic rings. The monoisotopic (exact) mass is 693 g/mol. The van der Waals surface area contributed by atoms with Crippen LogP contribution in [0.3, 0.4) is 0 Å². The Bertz CT molecular complexity index is 1890. The third kappa shape index (κ3) is 7.05. The number of hydrogen-bond donors (Lipinski definition) is 4. The molecule has 0 spiro atoms. The number of anilines is 3. The summed E-state index contributed by atoms with van der Waals surface area (Å²) in [5.74, 6) is -0.539. The summed E-state index contributed by atoms with van der Waals surface area (Å²) in [6, 6.07) is 13.8. The molecule has 9 nitrogen and oxygen atoms in total. The van der Waals surface area contributed by atoms with Gasteiger partial charge in [-0.05, 0) is 76.9 Å². The zero-order valence-corrected chi connectivity index (χ0v) is 28.7. The molecule has 0 bridgehead atoms. The fourth-order valence-electron chi connectivity index (χ4n) is 6.12. The zero-order chi connectivity index (χ0) is 33.5. The Balaban J connectivity index is 1.36. The second-order valence-electron chi connectivity index (χ2n) is 12.8. The first-order valence-electron chi connectivity index (χ1n) is 15.3. The van der Waals surface area contributed by atoms with Crippen molar-refractivity contribution in [1.82, 2.24) is 30.8 Å². The van der Waals surface area contributed by atoms with E-state index in [9.17, 15) is 9.65 Å². The van der Waals surface area contributed by atoms with Crippen LogP contribution in [0.5, 0.6) is 0 Å². The second-order valence-corrected chi connectivity index (χ2v) is 14.0. The van der Waals surface area contributed by atoms with Crippen molar-refractivity contribution in [2.45, 2.75) is 58.2 Å². The fraction of sp³-hybridized carbons (Fsp3) is 0.324. The van der Waals surface area contributed by atoms with E-state index < -0.39 is 5.82 Å². The van der Waals surface area contributed by atoms with E-state index in [-0.39, 0.29) is 22.2 Å². The Labute approximate surface area is 288 Å². The molecule has 0 radical (unpaired) electrons. The zero-order valence-electron chi connectivity index (χ0n) is 26.4. The van der Waals surface area contributed by atoms with E-state index in [1.165, 1.54) is 18.3 Å². The van der Waals surface area contributed by atoms with Crippen LogP contribution in [0.4, 0.5) is 21.5 Å². The molecule has 2 aromatic carbocycles. The van der Waals surface area contributed by atoms with Crippen LogP contribution < -0.4 is 21.6 Å². The van der Waals surface area contributed by atoms with Gasteiger partial charge in [0.25, 0.3) is 0 Å². The number of piperidine rings is 1. The maximum Gasteiger partial charge on any atom is 0.141 e. The maximum absolute atomic E-state index is 13.9. The molecular weight excluding hydrogens is 660 g/mol. The van der Waals surface area contributed by atoms with Gasteiger partial charge in [0.1, 0.15) is 17.0 Å². The number of pyridine rings is 2. The third-order valence-electron chi connectivity index (χ3n) is 8.67. The van der Waals surface area contributed by atoms with Crippen LogP contribution in [0.25, 0.3) is 10.9 Å². The van der Waals surface area contributed by atoms with Crippen LogP contribution in [0.2, 0.25) is 15.2 Å². The van der Waals surface area contributed by atoms with Crippen LogP contribution in [-0.2, 0) is 0 Å². The van der Waals surface area contributed by atoms with Crippen molar-refractivity contribution in [2.75, 3.05) is 23.7 Å². The van der Waals surface area contributed by atoms with Gasteiger partial charge in [-0.2, -0.15) is 5.26 Å². The normalized spacial score (nSPS) is 16.5. The summed E-state index contributed by atoms with van der Waals surface area (Å²) < 4.78 is 13.9. The van der Waals surface area contributed by atoms with Crippen molar-refractivity contribution < 1.29 is 4.39 Å². The third-order valence-corrected chi connectivity index (χ3v) is 9.46. The van der Waals surface area contributed by atoms with Gasteiger partial charge >= 0.3 is 0 Å². The number of rotatable bonds is 7. The summed E-state index contributed by atoms with van der Waals surface area (Å²) in [7, 11) is 0. The molecule has 2 aliphatic rings. The van der Waals surface area contributed by atoms with Crippen LogP contribution in [0.15, 0.2) is 60.6 Å². The molecule has 0 unspecified atom stereocenters. The lowest BCUT2D eigenvalue weighted by Crippen LogP contribution is -2.52. The van der Waals surface area contributed by atoms with Crippen molar-refractivity contribution in [2.24, 2.45) is 0 Å². The van der Waals surface area contributed by atoms with Crippen LogP contribution in [-0.4, -0.2) is 44.5 Å². The fourth-order valence-corrected chi connectivity index (χ4v) is 6.76. The highest BCUT2D eigenvalue weighted by atomic mass is 35.5. The average Bonchev–Trinajstić information content (AvgIpc) is 3.52. The number of likely N-dealkylation sites (tertiary alicyclic amines) is 1. The Morgan fingerprint density at radius 1 is 1.04 bits per heavy atom. The van der Waals surface area contributed by atoms with Crippen molar-refractivity contribution in [3.05, 3.63) is 98.4 Å². The molecule has 2 aromatic heterocycles. The number of hydrogen-bond acceptors (Lipinski definition) is 9. The van der Waals surface area contributed by atoms with E-state index in [1.54, 1.807) is 18.2 Å². The number of nitrogens with zero attached hydrogens (tertiary/aromatic N) is 5. The number of nitriles is 1. The smallest absolute Gasteiger partial charge is 0.141 e. The minimum absolute atomic E-state index is 0.0400. The molecule has 13 heteroatoms. The molecule has 244 valence electrons. The van der Waals surface area contributed by atoms with Gasteiger partial charge in [-0.15, -0.1) is 5.53 Å². The summed E-state index contributed by atoms with van der Waals surface area (Å²) in [5, 5.41) is 20.3.